The van der Waals surface area contributed by atoms with Crippen molar-refractivity contribution in [1.82, 2.24) is 0 Å². The number of aromatic hydroxyl groups is 1. The minimum absolute atomic E-state index is 0.278. The van der Waals surface area contributed by atoms with E-state index in [1.807, 2.05) is 19.1 Å². The first-order valence-corrected chi connectivity index (χ1v) is 4.83. The van der Waals surface area contributed by atoms with Gasteiger partial charge in [0.15, 0.2) is 0 Å². The molecule has 76 valence electrons. The van der Waals surface area contributed by atoms with Crippen molar-refractivity contribution in [2.45, 2.75) is 18.9 Å². The Balaban J connectivity index is 2.14. The summed E-state index contributed by atoms with van der Waals surface area (Å²) in [4.78, 5) is 2.12. The van der Waals surface area contributed by atoms with E-state index in [-0.39, 0.29) is 5.75 Å². The third kappa shape index (κ3) is 1.82. The molecule has 1 unspecified atom stereocenters. The maximum absolute atomic E-state index is 9.79. The molecule has 0 bridgehead atoms. The number of phenolic OH excluding ortho intramolecular Hbond substituents is 1. The minimum Gasteiger partial charge on any atom is -0.508 e. The zero-order valence-corrected chi connectivity index (χ0v) is 8.27. The van der Waals surface area contributed by atoms with Crippen molar-refractivity contribution >= 4 is 5.69 Å². The maximum atomic E-state index is 9.79. The molecule has 1 aromatic carbocycles. The van der Waals surface area contributed by atoms with Crippen LogP contribution >= 0.6 is 0 Å². The van der Waals surface area contributed by atoms with Crippen LogP contribution in [0.1, 0.15) is 13.3 Å². The molecule has 14 heavy (non-hydrogen) atoms. The summed E-state index contributed by atoms with van der Waals surface area (Å²) in [6, 6.07) is 7.08. The van der Waals surface area contributed by atoms with Crippen LogP contribution in [0.15, 0.2) is 24.3 Å². The molecule has 3 heteroatoms. The van der Waals surface area contributed by atoms with Gasteiger partial charge in [-0.1, -0.05) is 0 Å². The third-order valence-electron chi connectivity index (χ3n) is 2.67. The number of hydrogen-bond donors (Lipinski definition) is 2. The highest BCUT2D eigenvalue weighted by molar-refractivity contribution is 5.50. The highest BCUT2D eigenvalue weighted by Gasteiger charge is 2.31. The molecule has 1 aliphatic rings. The van der Waals surface area contributed by atoms with E-state index in [1.165, 1.54) is 0 Å². The fourth-order valence-corrected chi connectivity index (χ4v) is 1.83. The van der Waals surface area contributed by atoms with Gasteiger partial charge in [-0.3, -0.25) is 0 Å². The second kappa shape index (κ2) is 3.17. The number of rotatable bonds is 1. The van der Waals surface area contributed by atoms with Gasteiger partial charge in [-0.25, -0.2) is 0 Å². The Morgan fingerprint density at radius 2 is 1.93 bits per heavy atom. The zero-order valence-electron chi connectivity index (χ0n) is 8.27. The Kier molecular flexibility index (Phi) is 2.11. The first-order valence-electron chi connectivity index (χ1n) is 4.83. The van der Waals surface area contributed by atoms with E-state index in [1.54, 1.807) is 12.1 Å². The number of phenols is 1. The second-order valence-electron chi connectivity index (χ2n) is 4.18. The van der Waals surface area contributed by atoms with Gasteiger partial charge in [0, 0.05) is 18.8 Å². The van der Waals surface area contributed by atoms with Crippen LogP contribution in [-0.2, 0) is 0 Å². The molecule has 1 fully saturated rings. The van der Waals surface area contributed by atoms with Crippen molar-refractivity contribution in [2.75, 3.05) is 18.0 Å². The quantitative estimate of drug-likeness (QED) is 0.707. The summed E-state index contributed by atoms with van der Waals surface area (Å²) < 4.78 is 0. The fraction of sp³-hybridized carbons (Fsp3) is 0.455. The maximum Gasteiger partial charge on any atom is 0.115 e. The molecule has 1 aromatic rings. The fourth-order valence-electron chi connectivity index (χ4n) is 1.83. The number of hydrogen-bond acceptors (Lipinski definition) is 3. The van der Waals surface area contributed by atoms with Crippen LogP contribution in [0.2, 0.25) is 0 Å². The van der Waals surface area contributed by atoms with Gasteiger partial charge in [0.25, 0.3) is 0 Å². The molecule has 0 spiro atoms. The molecular weight excluding hydrogens is 178 g/mol. The number of nitrogens with zero attached hydrogens (tertiary/aromatic N) is 1. The average Bonchev–Trinajstić information content (AvgIpc) is 2.47. The van der Waals surface area contributed by atoms with Crippen LogP contribution in [0, 0.1) is 0 Å². The SMILES string of the molecule is CC1(O)CCN(c2ccc(O)cc2)C1. The largest absolute Gasteiger partial charge is 0.508 e. The van der Waals surface area contributed by atoms with Crippen molar-refractivity contribution in [3.05, 3.63) is 24.3 Å². The monoisotopic (exact) mass is 193 g/mol. The molecule has 0 saturated carbocycles. The Morgan fingerprint density at radius 3 is 2.43 bits per heavy atom. The Morgan fingerprint density at radius 1 is 1.29 bits per heavy atom. The van der Waals surface area contributed by atoms with E-state index in [2.05, 4.69) is 4.90 Å². The molecule has 0 aliphatic carbocycles. The average molecular weight is 193 g/mol. The lowest BCUT2D eigenvalue weighted by molar-refractivity contribution is 0.0839. The van der Waals surface area contributed by atoms with E-state index < -0.39 is 5.60 Å². The number of aliphatic hydroxyl groups is 1. The van der Waals surface area contributed by atoms with Crippen LogP contribution in [0.3, 0.4) is 0 Å². The molecule has 1 aliphatic heterocycles. The number of β-amino-alcohol motifs (C(OH)–C–C–N with tert-alkyl or cyclic N) is 1. The van der Waals surface area contributed by atoms with Crippen molar-refractivity contribution < 1.29 is 10.2 Å². The summed E-state index contributed by atoms with van der Waals surface area (Å²) in [5.41, 5.74) is 0.485. The topological polar surface area (TPSA) is 43.7 Å². The number of benzene rings is 1. The normalized spacial score (nSPS) is 26.9. The lowest BCUT2D eigenvalue weighted by atomic mass is 10.1. The van der Waals surface area contributed by atoms with Gasteiger partial charge in [-0.15, -0.1) is 0 Å². The standard InChI is InChI=1S/C11H15NO2/c1-11(14)6-7-12(8-11)9-2-4-10(13)5-3-9/h2-5,13-14H,6-8H2,1H3. The molecule has 3 nitrogen and oxygen atoms in total. The van der Waals surface area contributed by atoms with Gasteiger partial charge in [-0.05, 0) is 37.6 Å². The molecule has 2 rings (SSSR count). The summed E-state index contributed by atoms with van der Waals surface area (Å²) >= 11 is 0. The molecule has 1 saturated heterocycles. The van der Waals surface area contributed by atoms with Crippen LogP contribution in [-0.4, -0.2) is 28.9 Å². The van der Waals surface area contributed by atoms with Gasteiger partial charge in [0.1, 0.15) is 5.75 Å². The van der Waals surface area contributed by atoms with E-state index in [4.69, 9.17) is 5.11 Å². The van der Waals surface area contributed by atoms with Gasteiger partial charge in [0.2, 0.25) is 0 Å². The number of anilines is 1. The van der Waals surface area contributed by atoms with Crippen molar-refractivity contribution in [3.8, 4) is 5.75 Å². The molecule has 0 radical (unpaired) electrons. The van der Waals surface area contributed by atoms with Gasteiger partial charge in [0.05, 0.1) is 5.60 Å². The zero-order chi connectivity index (χ0) is 10.2. The van der Waals surface area contributed by atoms with E-state index in [0.717, 1.165) is 18.7 Å². The third-order valence-corrected chi connectivity index (χ3v) is 2.67. The highest BCUT2D eigenvalue weighted by Crippen LogP contribution is 2.27. The lowest BCUT2D eigenvalue weighted by Gasteiger charge is -2.20. The molecule has 1 heterocycles. The molecular formula is C11H15NO2. The van der Waals surface area contributed by atoms with Crippen molar-refractivity contribution in [2.24, 2.45) is 0 Å². The lowest BCUT2D eigenvalue weighted by Crippen LogP contribution is -2.29. The van der Waals surface area contributed by atoms with Crippen LogP contribution < -0.4 is 4.90 Å². The van der Waals surface area contributed by atoms with E-state index in [0.29, 0.717) is 6.54 Å². The van der Waals surface area contributed by atoms with E-state index in [9.17, 15) is 5.11 Å². The summed E-state index contributed by atoms with van der Waals surface area (Å²) in [6.07, 6.45) is 0.799. The predicted molar refractivity (Wildman–Crippen MR) is 55.6 cm³/mol. The first-order chi connectivity index (χ1) is 6.57. The summed E-state index contributed by atoms with van der Waals surface area (Å²) in [5.74, 6) is 0.278. The Hall–Kier alpha value is -1.22. The van der Waals surface area contributed by atoms with E-state index >= 15 is 0 Å². The van der Waals surface area contributed by atoms with Gasteiger partial charge < -0.3 is 15.1 Å². The highest BCUT2D eigenvalue weighted by atomic mass is 16.3. The summed E-state index contributed by atoms with van der Waals surface area (Å²) in [7, 11) is 0. The summed E-state index contributed by atoms with van der Waals surface area (Å²) in [5, 5.41) is 18.9. The van der Waals surface area contributed by atoms with Crippen LogP contribution in [0.5, 0.6) is 5.75 Å². The minimum atomic E-state index is -0.572. The van der Waals surface area contributed by atoms with Crippen molar-refractivity contribution in [3.63, 3.8) is 0 Å². The molecule has 0 aromatic heterocycles. The Labute approximate surface area is 83.6 Å². The molecule has 0 amide bonds. The molecule has 2 N–H and O–H groups in total. The Bertz CT molecular complexity index is 319. The predicted octanol–water partition coefficient (Wildman–Crippen LogP) is 1.35. The molecule has 1 atom stereocenters. The first kappa shape index (κ1) is 9.34. The van der Waals surface area contributed by atoms with Gasteiger partial charge in [-0.2, -0.15) is 0 Å². The van der Waals surface area contributed by atoms with Crippen molar-refractivity contribution in [1.29, 1.82) is 0 Å². The van der Waals surface area contributed by atoms with Gasteiger partial charge >= 0.3 is 0 Å². The second-order valence-corrected chi connectivity index (χ2v) is 4.18. The van der Waals surface area contributed by atoms with Crippen LogP contribution in [0.4, 0.5) is 5.69 Å². The summed E-state index contributed by atoms with van der Waals surface area (Å²) in [6.45, 7) is 3.39. The van der Waals surface area contributed by atoms with Crippen LogP contribution in [0.25, 0.3) is 0 Å². The smallest absolute Gasteiger partial charge is 0.115 e.